The van der Waals surface area contributed by atoms with Gasteiger partial charge in [0, 0.05) is 18.3 Å². The van der Waals surface area contributed by atoms with Gasteiger partial charge in [-0.05, 0) is 36.9 Å². The van der Waals surface area contributed by atoms with E-state index in [2.05, 4.69) is 25.9 Å². The van der Waals surface area contributed by atoms with Crippen LogP contribution in [0.1, 0.15) is 18.5 Å². The van der Waals surface area contributed by atoms with Gasteiger partial charge in [0.1, 0.15) is 18.6 Å². The summed E-state index contributed by atoms with van der Waals surface area (Å²) >= 11 is 3.08. The summed E-state index contributed by atoms with van der Waals surface area (Å²) in [6, 6.07) is -2.67. The smallest absolute Gasteiger partial charge is 0.322 e. The molecular weight excluding hydrogens is 444 g/mol. The third-order valence-corrected chi connectivity index (χ3v) is 5.53. The SMILES string of the molecule is CSCCC(N)C(=O)NC(CCSC)C(=O)NC(Cc1cnc[nH]1)C(=O)NCC(=O)O. The summed E-state index contributed by atoms with van der Waals surface area (Å²) in [4.78, 5) is 55.2. The number of rotatable bonds is 15. The van der Waals surface area contributed by atoms with Crippen LogP contribution in [0.15, 0.2) is 12.5 Å². The lowest BCUT2D eigenvalue weighted by Crippen LogP contribution is -2.56. The van der Waals surface area contributed by atoms with Crippen LogP contribution in [0, 0.1) is 0 Å². The Hall–Kier alpha value is -2.25. The molecule has 11 nitrogen and oxygen atoms in total. The van der Waals surface area contributed by atoms with Crippen molar-refractivity contribution in [2.75, 3.05) is 30.6 Å². The Labute approximate surface area is 189 Å². The van der Waals surface area contributed by atoms with Crippen molar-refractivity contribution in [1.29, 1.82) is 0 Å². The molecule has 0 aliphatic rings. The first kappa shape index (κ1) is 26.8. The number of aromatic amines is 1. The third kappa shape index (κ3) is 10.6. The fourth-order valence-electron chi connectivity index (χ4n) is 2.54. The summed E-state index contributed by atoms with van der Waals surface area (Å²) in [7, 11) is 0. The number of aliphatic carboxylic acids is 1. The molecule has 0 radical (unpaired) electrons. The normalized spacial score (nSPS) is 13.6. The Morgan fingerprint density at radius 2 is 1.71 bits per heavy atom. The molecule has 0 fully saturated rings. The van der Waals surface area contributed by atoms with Gasteiger partial charge in [-0.3, -0.25) is 19.2 Å². The molecule has 13 heteroatoms. The zero-order valence-corrected chi connectivity index (χ0v) is 19.2. The van der Waals surface area contributed by atoms with Crippen molar-refractivity contribution in [2.45, 2.75) is 37.4 Å². The standard InChI is InChI=1S/C18H30N6O5S2/c1-30-5-3-12(19)16(27)23-13(4-6-31-2)18(29)24-14(7-11-8-20-10-22-11)17(28)21-9-15(25)26/h8,10,12-14H,3-7,9,19H2,1-2H3,(H,20,22)(H,21,28)(H,23,27)(H,24,29)(H,25,26). The van der Waals surface area contributed by atoms with Crippen LogP contribution in [-0.2, 0) is 25.6 Å². The molecule has 0 aromatic carbocycles. The number of carboxylic acid groups (broad SMARTS) is 1. The Morgan fingerprint density at radius 1 is 1.06 bits per heavy atom. The highest BCUT2D eigenvalue weighted by molar-refractivity contribution is 7.98. The number of hydrogen-bond donors (Lipinski definition) is 6. The molecular formula is C18H30N6O5S2. The number of nitrogens with one attached hydrogen (secondary N) is 4. The van der Waals surface area contributed by atoms with Crippen molar-refractivity contribution in [3.05, 3.63) is 18.2 Å². The van der Waals surface area contributed by atoms with Gasteiger partial charge >= 0.3 is 5.97 Å². The highest BCUT2D eigenvalue weighted by Crippen LogP contribution is 2.06. The van der Waals surface area contributed by atoms with E-state index in [0.717, 1.165) is 0 Å². The lowest BCUT2D eigenvalue weighted by Gasteiger charge is -2.24. The van der Waals surface area contributed by atoms with Crippen LogP contribution in [0.2, 0.25) is 0 Å². The second kappa shape index (κ2) is 14.7. The largest absolute Gasteiger partial charge is 0.480 e. The molecule has 3 unspecified atom stereocenters. The van der Waals surface area contributed by atoms with Crippen molar-refractivity contribution in [3.63, 3.8) is 0 Å². The summed E-state index contributed by atoms with van der Waals surface area (Å²) < 4.78 is 0. The number of carboxylic acids is 1. The third-order valence-electron chi connectivity index (χ3n) is 4.24. The van der Waals surface area contributed by atoms with E-state index in [9.17, 15) is 19.2 Å². The van der Waals surface area contributed by atoms with E-state index in [1.54, 1.807) is 11.8 Å². The van der Waals surface area contributed by atoms with Crippen LogP contribution in [-0.4, -0.2) is 87.5 Å². The zero-order chi connectivity index (χ0) is 23.2. The maximum atomic E-state index is 12.9. The molecule has 1 rings (SSSR count). The van der Waals surface area contributed by atoms with Crippen LogP contribution < -0.4 is 21.7 Å². The molecule has 3 amide bonds. The summed E-state index contributed by atoms with van der Waals surface area (Å²) in [6.45, 7) is -0.578. The van der Waals surface area contributed by atoms with Crippen LogP contribution in [0.25, 0.3) is 0 Å². The van der Waals surface area contributed by atoms with Crippen molar-refractivity contribution in [1.82, 2.24) is 25.9 Å². The van der Waals surface area contributed by atoms with E-state index in [1.165, 1.54) is 24.3 Å². The van der Waals surface area contributed by atoms with Gasteiger partial charge in [0.2, 0.25) is 17.7 Å². The number of carbonyl (C=O) groups excluding carboxylic acids is 3. The molecule has 1 heterocycles. The minimum atomic E-state index is -1.20. The molecule has 3 atom stereocenters. The number of thioether (sulfide) groups is 2. The highest BCUT2D eigenvalue weighted by atomic mass is 32.2. The molecule has 0 bridgehead atoms. The number of imidazole rings is 1. The van der Waals surface area contributed by atoms with Crippen LogP contribution >= 0.6 is 23.5 Å². The average molecular weight is 475 g/mol. The predicted molar refractivity (Wildman–Crippen MR) is 121 cm³/mol. The van der Waals surface area contributed by atoms with E-state index < -0.39 is 48.4 Å². The van der Waals surface area contributed by atoms with Gasteiger partial charge in [-0.15, -0.1) is 0 Å². The first-order valence-corrected chi connectivity index (χ1v) is 12.4. The van der Waals surface area contributed by atoms with Gasteiger partial charge in [0.15, 0.2) is 0 Å². The zero-order valence-electron chi connectivity index (χ0n) is 17.6. The first-order valence-electron chi connectivity index (χ1n) is 9.59. The van der Waals surface area contributed by atoms with Gasteiger partial charge in [0.05, 0.1) is 12.4 Å². The van der Waals surface area contributed by atoms with E-state index in [1.807, 2.05) is 12.5 Å². The van der Waals surface area contributed by atoms with Crippen molar-refractivity contribution < 1.29 is 24.3 Å². The van der Waals surface area contributed by atoms with Crippen LogP contribution in [0.3, 0.4) is 0 Å². The van der Waals surface area contributed by atoms with Crippen molar-refractivity contribution in [3.8, 4) is 0 Å². The Balaban J connectivity index is 2.87. The average Bonchev–Trinajstić information content (AvgIpc) is 3.25. The van der Waals surface area contributed by atoms with Crippen LogP contribution in [0.5, 0.6) is 0 Å². The van der Waals surface area contributed by atoms with E-state index in [4.69, 9.17) is 10.8 Å². The Bertz CT molecular complexity index is 718. The molecule has 0 saturated carbocycles. The Morgan fingerprint density at radius 3 is 2.29 bits per heavy atom. The molecule has 0 saturated heterocycles. The second-order valence-electron chi connectivity index (χ2n) is 6.68. The summed E-state index contributed by atoms with van der Waals surface area (Å²) in [5.74, 6) is -1.52. The first-order chi connectivity index (χ1) is 14.8. The molecule has 0 spiro atoms. The fraction of sp³-hybridized carbons (Fsp3) is 0.611. The number of nitrogens with two attached hydrogens (primary N) is 1. The molecule has 7 N–H and O–H groups in total. The second-order valence-corrected chi connectivity index (χ2v) is 8.66. The predicted octanol–water partition coefficient (Wildman–Crippen LogP) is -1.04. The molecule has 174 valence electrons. The summed E-state index contributed by atoms with van der Waals surface area (Å²) in [6.07, 6.45) is 7.62. The number of H-pyrrole nitrogens is 1. The van der Waals surface area contributed by atoms with Crippen LogP contribution in [0.4, 0.5) is 0 Å². The quantitative estimate of drug-likeness (QED) is 0.185. The van der Waals surface area contributed by atoms with Gasteiger partial charge < -0.3 is 31.8 Å². The van der Waals surface area contributed by atoms with Gasteiger partial charge in [-0.2, -0.15) is 23.5 Å². The van der Waals surface area contributed by atoms with E-state index >= 15 is 0 Å². The highest BCUT2D eigenvalue weighted by Gasteiger charge is 2.28. The van der Waals surface area contributed by atoms with Gasteiger partial charge in [0.25, 0.3) is 0 Å². The van der Waals surface area contributed by atoms with Crippen molar-refractivity contribution >= 4 is 47.2 Å². The molecule has 0 aliphatic carbocycles. The van der Waals surface area contributed by atoms with Gasteiger partial charge in [-0.1, -0.05) is 0 Å². The minimum Gasteiger partial charge on any atom is -0.480 e. The number of amides is 3. The van der Waals surface area contributed by atoms with E-state index in [0.29, 0.717) is 30.0 Å². The lowest BCUT2D eigenvalue weighted by molar-refractivity contribution is -0.138. The summed E-state index contributed by atoms with van der Waals surface area (Å²) in [5.41, 5.74) is 6.48. The molecule has 31 heavy (non-hydrogen) atoms. The summed E-state index contributed by atoms with van der Waals surface area (Å²) in [5, 5.41) is 16.3. The van der Waals surface area contributed by atoms with Gasteiger partial charge in [-0.25, -0.2) is 4.98 Å². The number of aromatic nitrogens is 2. The lowest BCUT2D eigenvalue weighted by atomic mass is 10.1. The minimum absolute atomic E-state index is 0.0770. The number of nitrogens with zero attached hydrogens (tertiary/aromatic N) is 1. The Kier molecular flexibility index (Phi) is 12.7. The monoisotopic (exact) mass is 474 g/mol. The fourth-order valence-corrected chi connectivity index (χ4v) is 3.50. The van der Waals surface area contributed by atoms with Crippen molar-refractivity contribution in [2.24, 2.45) is 5.73 Å². The molecule has 0 aliphatic heterocycles. The molecule has 1 aromatic heterocycles. The van der Waals surface area contributed by atoms with E-state index in [-0.39, 0.29) is 6.42 Å². The topological polar surface area (TPSA) is 179 Å². The number of hydrogen-bond acceptors (Lipinski definition) is 8. The molecule has 1 aromatic rings. The maximum Gasteiger partial charge on any atom is 0.322 e. The maximum absolute atomic E-state index is 12.9. The number of carbonyl (C=O) groups is 4.